The molecule has 8 nitrogen and oxygen atoms in total. The summed E-state index contributed by atoms with van der Waals surface area (Å²) in [5.41, 5.74) is 0.602. The highest BCUT2D eigenvalue weighted by Crippen LogP contribution is 2.20. The molecule has 0 aliphatic carbocycles. The summed E-state index contributed by atoms with van der Waals surface area (Å²) in [6.45, 7) is 0.981. The highest BCUT2D eigenvalue weighted by atomic mass is 32.2. The SMILES string of the molecule is Cn1c(=S)[nH]c2cc(C(=O)N3CCCN(S(=O)(=O)c4ccc(F)cc4)CC3)ccc2c1=O. The molecular formula is C21H21FN4O4S2. The van der Waals surface area contributed by atoms with E-state index in [0.29, 0.717) is 29.4 Å². The number of nitrogens with zero attached hydrogens (tertiary/aromatic N) is 3. The van der Waals surface area contributed by atoms with Crippen molar-refractivity contribution in [3.8, 4) is 0 Å². The fourth-order valence-electron chi connectivity index (χ4n) is 3.71. The Morgan fingerprint density at radius 1 is 1.06 bits per heavy atom. The van der Waals surface area contributed by atoms with E-state index in [1.807, 2.05) is 0 Å². The van der Waals surface area contributed by atoms with E-state index in [9.17, 15) is 22.4 Å². The summed E-state index contributed by atoms with van der Waals surface area (Å²) in [6.07, 6.45) is 0.461. The van der Waals surface area contributed by atoms with E-state index in [1.54, 1.807) is 30.1 Å². The maximum absolute atomic E-state index is 13.2. The van der Waals surface area contributed by atoms with Crippen molar-refractivity contribution < 1.29 is 17.6 Å². The Labute approximate surface area is 188 Å². The largest absolute Gasteiger partial charge is 0.337 e. The van der Waals surface area contributed by atoms with Gasteiger partial charge in [-0.1, -0.05) is 0 Å². The fraction of sp³-hybridized carbons (Fsp3) is 0.286. The second-order valence-electron chi connectivity index (χ2n) is 7.56. The number of H-pyrrole nitrogens is 1. The summed E-state index contributed by atoms with van der Waals surface area (Å²) in [7, 11) is -2.21. The molecule has 168 valence electrons. The predicted molar refractivity (Wildman–Crippen MR) is 120 cm³/mol. The Morgan fingerprint density at radius 2 is 1.78 bits per heavy atom. The second-order valence-corrected chi connectivity index (χ2v) is 9.88. The number of hydrogen-bond donors (Lipinski definition) is 1. The zero-order valence-corrected chi connectivity index (χ0v) is 18.9. The maximum atomic E-state index is 13.2. The van der Waals surface area contributed by atoms with Crippen LogP contribution < -0.4 is 5.56 Å². The summed E-state index contributed by atoms with van der Waals surface area (Å²) in [5.74, 6) is -0.766. The topological polar surface area (TPSA) is 95.5 Å². The molecule has 2 aromatic carbocycles. The number of hydrogen-bond acceptors (Lipinski definition) is 5. The molecule has 1 fully saturated rings. The van der Waals surface area contributed by atoms with Crippen LogP contribution >= 0.6 is 12.2 Å². The van der Waals surface area contributed by atoms with Gasteiger partial charge in [0, 0.05) is 38.8 Å². The van der Waals surface area contributed by atoms with Crippen molar-refractivity contribution >= 4 is 39.1 Å². The lowest BCUT2D eigenvalue weighted by molar-refractivity contribution is 0.0764. The zero-order valence-electron chi connectivity index (χ0n) is 17.2. The monoisotopic (exact) mass is 476 g/mol. The average Bonchev–Trinajstić information content (AvgIpc) is 3.04. The first-order chi connectivity index (χ1) is 15.2. The molecule has 0 atom stereocenters. The van der Waals surface area contributed by atoms with Crippen LogP contribution in [-0.2, 0) is 17.1 Å². The van der Waals surface area contributed by atoms with E-state index in [0.717, 1.165) is 12.1 Å². The van der Waals surface area contributed by atoms with Crippen LogP contribution in [0.25, 0.3) is 10.9 Å². The standard InChI is InChI=1S/C21H21FN4O4S2/c1-24-20(28)17-8-3-14(13-18(17)23-21(24)31)19(27)25-9-2-10-26(12-11-25)32(29,30)16-6-4-15(22)5-7-16/h3-8,13H,2,9-12H2,1H3,(H,23,31). The van der Waals surface area contributed by atoms with Gasteiger partial charge in [-0.15, -0.1) is 0 Å². The van der Waals surface area contributed by atoms with Crippen molar-refractivity contribution in [2.24, 2.45) is 7.05 Å². The third kappa shape index (κ3) is 4.10. The molecule has 32 heavy (non-hydrogen) atoms. The van der Waals surface area contributed by atoms with Gasteiger partial charge in [0.2, 0.25) is 10.0 Å². The van der Waals surface area contributed by atoms with Crippen LogP contribution in [0.1, 0.15) is 16.8 Å². The van der Waals surface area contributed by atoms with Crippen LogP contribution in [-0.4, -0.2) is 59.3 Å². The van der Waals surface area contributed by atoms with Crippen LogP contribution in [0, 0.1) is 10.6 Å². The molecule has 2 heterocycles. The normalized spacial score (nSPS) is 15.6. The Morgan fingerprint density at radius 3 is 2.50 bits per heavy atom. The number of carbonyl (C=O) groups is 1. The van der Waals surface area contributed by atoms with E-state index in [1.165, 1.54) is 21.0 Å². The van der Waals surface area contributed by atoms with Crippen molar-refractivity contribution in [3.63, 3.8) is 0 Å². The van der Waals surface area contributed by atoms with Crippen LogP contribution in [0.4, 0.5) is 4.39 Å². The first-order valence-electron chi connectivity index (χ1n) is 9.96. The minimum absolute atomic E-state index is 0.0186. The molecule has 1 aromatic heterocycles. The molecular weight excluding hydrogens is 455 g/mol. The van der Waals surface area contributed by atoms with Gasteiger partial charge in [0.1, 0.15) is 5.82 Å². The van der Waals surface area contributed by atoms with Crippen molar-refractivity contribution in [3.05, 3.63) is 69.0 Å². The summed E-state index contributed by atoms with van der Waals surface area (Å²) in [5, 5.41) is 0.421. The van der Waals surface area contributed by atoms with E-state index in [4.69, 9.17) is 12.2 Å². The second kappa shape index (κ2) is 8.57. The quantitative estimate of drug-likeness (QED) is 0.585. The first-order valence-corrected chi connectivity index (χ1v) is 11.8. The number of benzene rings is 2. The number of sulfonamides is 1. The summed E-state index contributed by atoms with van der Waals surface area (Å²) in [6, 6.07) is 9.45. The van der Waals surface area contributed by atoms with Gasteiger partial charge in [0.15, 0.2) is 4.77 Å². The Kier molecular flexibility index (Phi) is 5.97. The molecule has 1 amide bonds. The van der Waals surface area contributed by atoms with E-state index in [-0.39, 0.29) is 40.8 Å². The molecule has 0 radical (unpaired) electrons. The van der Waals surface area contributed by atoms with Crippen molar-refractivity contribution in [2.45, 2.75) is 11.3 Å². The van der Waals surface area contributed by atoms with Gasteiger partial charge in [-0.2, -0.15) is 4.31 Å². The minimum Gasteiger partial charge on any atom is -0.337 e. The molecule has 1 aliphatic rings. The predicted octanol–water partition coefficient (Wildman–Crippen LogP) is 2.27. The Balaban J connectivity index is 1.55. The maximum Gasteiger partial charge on any atom is 0.261 e. The summed E-state index contributed by atoms with van der Waals surface area (Å²) in [4.78, 5) is 30.0. The zero-order chi connectivity index (χ0) is 23.0. The number of amides is 1. The van der Waals surface area contributed by atoms with Gasteiger partial charge in [-0.3, -0.25) is 14.2 Å². The highest BCUT2D eigenvalue weighted by molar-refractivity contribution is 7.89. The number of aromatic amines is 1. The minimum atomic E-state index is -3.78. The Bertz CT molecular complexity index is 1410. The third-order valence-electron chi connectivity index (χ3n) is 5.54. The number of nitrogens with one attached hydrogen (secondary N) is 1. The number of fused-ring (bicyclic) bond motifs is 1. The molecule has 1 N–H and O–H groups in total. The lowest BCUT2D eigenvalue weighted by Gasteiger charge is -2.22. The molecule has 4 rings (SSSR count). The lowest BCUT2D eigenvalue weighted by Crippen LogP contribution is -2.37. The van der Waals surface area contributed by atoms with Crippen LogP contribution in [0.2, 0.25) is 0 Å². The highest BCUT2D eigenvalue weighted by Gasteiger charge is 2.28. The fourth-order valence-corrected chi connectivity index (χ4v) is 5.38. The molecule has 0 bridgehead atoms. The lowest BCUT2D eigenvalue weighted by atomic mass is 10.1. The van der Waals surface area contributed by atoms with E-state index < -0.39 is 15.8 Å². The average molecular weight is 477 g/mol. The van der Waals surface area contributed by atoms with Gasteiger partial charge in [0.25, 0.3) is 11.5 Å². The number of rotatable bonds is 3. The van der Waals surface area contributed by atoms with Crippen molar-refractivity contribution in [2.75, 3.05) is 26.2 Å². The van der Waals surface area contributed by atoms with Gasteiger partial charge < -0.3 is 9.88 Å². The number of halogens is 1. The molecule has 0 spiro atoms. The first kappa shape index (κ1) is 22.3. The molecule has 11 heteroatoms. The van der Waals surface area contributed by atoms with Gasteiger partial charge in [-0.05, 0) is 61.1 Å². The number of aromatic nitrogens is 2. The van der Waals surface area contributed by atoms with Gasteiger partial charge in [0.05, 0.1) is 15.8 Å². The van der Waals surface area contributed by atoms with E-state index >= 15 is 0 Å². The van der Waals surface area contributed by atoms with Crippen molar-refractivity contribution in [1.29, 1.82) is 0 Å². The number of carbonyl (C=O) groups excluding carboxylic acids is 1. The molecule has 0 saturated carbocycles. The molecule has 1 aliphatic heterocycles. The smallest absolute Gasteiger partial charge is 0.261 e. The van der Waals surface area contributed by atoms with Crippen LogP contribution in [0.3, 0.4) is 0 Å². The summed E-state index contributed by atoms with van der Waals surface area (Å²) < 4.78 is 41.8. The third-order valence-corrected chi connectivity index (χ3v) is 7.83. The molecule has 0 unspecified atom stereocenters. The van der Waals surface area contributed by atoms with Crippen molar-refractivity contribution in [1.82, 2.24) is 18.8 Å². The van der Waals surface area contributed by atoms with Gasteiger partial charge >= 0.3 is 0 Å². The summed E-state index contributed by atoms with van der Waals surface area (Å²) >= 11 is 5.14. The molecule has 1 saturated heterocycles. The molecule has 3 aromatic rings. The van der Waals surface area contributed by atoms with E-state index in [2.05, 4.69) is 4.98 Å². The van der Waals surface area contributed by atoms with Gasteiger partial charge in [-0.25, -0.2) is 12.8 Å². The van der Waals surface area contributed by atoms with Crippen LogP contribution in [0.15, 0.2) is 52.2 Å². The Hall–Kier alpha value is -2.89. The van der Waals surface area contributed by atoms with Crippen LogP contribution in [0.5, 0.6) is 0 Å².